The third kappa shape index (κ3) is 2.01. The number of hydrogen-bond donors (Lipinski definition) is 0. The van der Waals surface area contributed by atoms with Crippen LogP contribution in [0.2, 0.25) is 0 Å². The van der Waals surface area contributed by atoms with Gasteiger partial charge in [0.1, 0.15) is 5.82 Å². The van der Waals surface area contributed by atoms with Crippen LogP contribution in [0.1, 0.15) is 11.1 Å². The molecule has 1 aromatic carbocycles. The van der Waals surface area contributed by atoms with Crippen LogP contribution in [-0.2, 0) is 0 Å². The van der Waals surface area contributed by atoms with Gasteiger partial charge in [-0.05, 0) is 18.2 Å². The second kappa shape index (κ2) is 4.45. The van der Waals surface area contributed by atoms with Crippen LogP contribution in [0.3, 0.4) is 0 Å². The molecule has 2 aromatic rings. The van der Waals surface area contributed by atoms with Crippen molar-refractivity contribution in [3.05, 3.63) is 59.8 Å². The van der Waals surface area contributed by atoms with Crippen molar-refractivity contribution in [2.45, 2.75) is 0 Å². The van der Waals surface area contributed by atoms with E-state index in [0.717, 1.165) is 5.56 Å². The second-order valence-corrected chi connectivity index (χ2v) is 3.21. The van der Waals surface area contributed by atoms with E-state index in [4.69, 9.17) is 9.68 Å². The largest absolute Gasteiger partial charge is 0.472 e. The zero-order valence-electron chi connectivity index (χ0n) is 8.35. The summed E-state index contributed by atoms with van der Waals surface area (Å²) in [5.41, 5.74) is 1.31. The molecule has 2 nitrogen and oxygen atoms in total. The number of benzene rings is 1. The lowest BCUT2D eigenvalue weighted by atomic mass is 10.0. The summed E-state index contributed by atoms with van der Waals surface area (Å²) in [5.74, 6) is -0.404. The third-order valence-electron chi connectivity index (χ3n) is 2.14. The van der Waals surface area contributed by atoms with Crippen molar-refractivity contribution in [2.24, 2.45) is 0 Å². The number of nitrogens with zero attached hydrogens (tertiary/aromatic N) is 1. The van der Waals surface area contributed by atoms with Crippen LogP contribution in [0, 0.1) is 17.1 Å². The molecule has 0 aliphatic rings. The Kier molecular flexibility index (Phi) is 2.84. The Morgan fingerprint density at radius 2 is 2.12 bits per heavy atom. The van der Waals surface area contributed by atoms with E-state index in [1.54, 1.807) is 30.3 Å². The lowest BCUT2D eigenvalue weighted by Crippen LogP contribution is -1.86. The van der Waals surface area contributed by atoms with Gasteiger partial charge in [-0.3, -0.25) is 0 Å². The molecule has 0 fully saturated rings. The number of nitriles is 1. The summed E-state index contributed by atoms with van der Waals surface area (Å²) in [7, 11) is 0. The zero-order valence-corrected chi connectivity index (χ0v) is 8.35. The smallest absolute Gasteiger partial charge is 0.131 e. The molecule has 78 valence electrons. The molecule has 2 rings (SSSR count). The van der Waals surface area contributed by atoms with Crippen molar-refractivity contribution in [1.82, 2.24) is 0 Å². The molecule has 0 bridgehead atoms. The van der Waals surface area contributed by atoms with Gasteiger partial charge in [0.05, 0.1) is 24.2 Å². The fraction of sp³-hybridized carbons (Fsp3) is 0. The predicted molar refractivity (Wildman–Crippen MR) is 58.6 cm³/mol. The summed E-state index contributed by atoms with van der Waals surface area (Å²) in [6, 6.07) is 9.87. The van der Waals surface area contributed by atoms with E-state index in [9.17, 15) is 4.39 Å². The van der Waals surface area contributed by atoms with Crippen LogP contribution < -0.4 is 0 Å². The van der Waals surface area contributed by atoms with Gasteiger partial charge in [-0.1, -0.05) is 18.2 Å². The number of rotatable bonds is 2. The summed E-state index contributed by atoms with van der Waals surface area (Å²) in [4.78, 5) is 0. The van der Waals surface area contributed by atoms with Gasteiger partial charge in [0, 0.05) is 11.1 Å². The quantitative estimate of drug-likeness (QED) is 0.716. The summed E-state index contributed by atoms with van der Waals surface area (Å²) >= 11 is 0. The molecule has 0 spiro atoms. The van der Waals surface area contributed by atoms with Gasteiger partial charge in [0.2, 0.25) is 0 Å². The standard InChI is InChI=1S/C13H8FNO/c14-13-4-2-1-3-12(13)11(8-15)7-10-5-6-16-9-10/h1-7,9H. The highest BCUT2D eigenvalue weighted by atomic mass is 19.1. The number of allylic oxidation sites excluding steroid dienone is 1. The SMILES string of the molecule is N#CC(=Cc1ccoc1)c1ccccc1F. The zero-order chi connectivity index (χ0) is 11.4. The summed E-state index contributed by atoms with van der Waals surface area (Å²) in [6.45, 7) is 0. The second-order valence-electron chi connectivity index (χ2n) is 3.21. The van der Waals surface area contributed by atoms with Crippen LogP contribution in [-0.4, -0.2) is 0 Å². The Morgan fingerprint density at radius 1 is 1.31 bits per heavy atom. The van der Waals surface area contributed by atoms with Gasteiger partial charge in [0.15, 0.2) is 0 Å². The summed E-state index contributed by atoms with van der Waals surface area (Å²) < 4.78 is 18.3. The Hall–Kier alpha value is -2.34. The highest BCUT2D eigenvalue weighted by molar-refractivity contribution is 5.89. The van der Waals surface area contributed by atoms with Crippen LogP contribution >= 0.6 is 0 Å². The van der Waals surface area contributed by atoms with E-state index in [-0.39, 0.29) is 5.57 Å². The maximum Gasteiger partial charge on any atom is 0.131 e. The molecule has 0 N–H and O–H groups in total. The van der Waals surface area contributed by atoms with Gasteiger partial charge in [0.25, 0.3) is 0 Å². The minimum Gasteiger partial charge on any atom is -0.472 e. The van der Waals surface area contributed by atoms with Crippen molar-refractivity contribution in [3.63, 3.8) is 0 Å². The maximum absolute atomic E-state index is 13.4. The van der Waals surface area contributed by atoms with E-state index < -0.39 is 5.82 Å². The average molecular weight is 213 g/mol. The molecule has 0 unspecified atom stereocenters. The first kappa shape index (κ1) is 10.2. The monoisotopic (exact) mass is 213 g/mol. The lowest BCUT2D eigenvalue weighted by Gasteiger charge is -1.99. The van der Waals surface area contributed by atoms with Crippen molar-refractivity contribution in [2.75, 3.05) is 0 Å². The van der Waals surface area contributed by atoms with Gasteiger partial charge >= 0.3 is 0 Å². The van der Waals surface area contributed by atoms with E-state index in [0.29, 0.717) is 5.56 Å². The molecular weight excluding hydrogens is 205 g/mol. The molecule has 0 radical (unpaired) electrons. The van der Waals surface area contributed by atoms with Crippen molar-refractivity contribution in [3.8, 4) is 6.07 Å². The van der Waals surface area contributed by atoms with E-state index in [1.807, 2.05) is 6.07 Å². The van der Waals surface area contributed by atoms with Crippen molar-refractivity contribution >= 4 is 11.6 Å². The Balaban J connectivity index is 2.46. The van der Waals surface area contributed by atoms with Crippen LogP contribution in [0.5, 0.6) is 0 Å². The summed E-state index contributed by atoms with van der Waals surface area (Å²) in [6.07, 6.45) is 4.59. The topological polar surface area (TPSA) is 36.9 Å². The fourth-order valence-corrected chi connectivity index (χ4v) is 1.37. The molecule has 16 heavy (non-hydrogen) atoms. The van der Waals surface area contributed by atoms with Crippen LogP contribution in [0.25, 0.3) is 11.6 Å². The van der Waals surface area contributed by atoms with Crippen LogP contribution in [0.15, 0.2) is 47.3 Å². The lowest BCUT2D eigenvalue weighted by molar-refractivity contribution is 0.567. The first-order chi connectivity index (χ1) is 7.81. The normalized spacial score (nSPS) is 11.1. The number of halogens is 1. The highest BCUT2D eigenvalue weighted by Crippen LogP contribution is 2.20. The Bertz CT molecular complexity index is 550. The molecule has 0 amide bonds. The number of hydrogen-bond acceptors (Lipinski definition) is 2. The van der Waals surface area contributed by atoms with Gasteiger partial charge in [-0.2, -0.15) is 5.26 Å². The van der Waals surface area contributed by atoms with Gasteiger partial charge < -0.3 is 4.42 Å². The third-order valence-corrected chi connectivity index (χ3v) is 2.14. The molecule has 0 saturated heterocycles. The molecule has 3 heteroatoms. The molecule has 0 saturated carbocycles. The van der Waals surface area contributed by atoms with Crippen molar-refractivity contribution < 1.29 is 8.81 Å². The highest BCUT2D eigenvalue weighted by Gasteiger charge is 2.06. The molecule has 0 aliphatic carbocycles. The number of furan rings is 1. The van der Waals surface area contributed by atoms with Crippen molar-refractivity contribution in [1.29, 1.82) is 5.26 Å². The van der Waals surface area contributed by atoms with Crippen LogP contribution in [0.4, 0.5) is 4.39 Å². The van der Waals surface area contributed by atoms with Gasteiger partial charge in [-0.25, -0.2) is 4.39 Å². The Morgan fingerprint density at radius 3 is 2.75 bits per heavy atom. The first-order valence-electron chi connectivity index (χ1n) is 4.70. The summed E-state index contributed by atoms with van der Waals surface area (Å²) in [5, 5.41) is 8.99. The molecule has 1 heterocycles. The molecular formula is C13H8FNO. The minimum absolute atomic E-state index is 0.277. The Labute approximate surface area is 92.2 Å². The molecule has 0 atom stereocenters. The molecule has 0 aliphatic heterocycles. The predicted octanol–water partition coefficient (Wildman–Crippen LogP) is 3.48. The van der Waals surface area contributed by atoms with E-state index in [1.165, 1.54) is 18.6 Å². The average Bonchev–Trinajstić information content (AvgIpc) is 2.80. The fourth-order valence-electron chi connectivity index (χ4n) is 1.37. The maximum atomic E-state index is 13.4. The van der Waals surface area contributed by atoms with E-state index in [2.05, 4.69) is 0 Å². The minimum atomic E-state index is -0.404. The van der Waals surface area contributed by atoms with Gasteiger partial charge in [-0.15, -0.1) is 0 Å². The van der Waals surface area contributed by atoms with E-state index >= 15 is 0 Å². The first-order valence-corrected chi connectivity index (χ1v) is 4.70. The molecule has 1 aromatic heterocycles.